The van der Waals surface area contributed by atoms with Crippen LogP contribution in [0.1, 0.15) is 28.1 Å². The fraction of sp³-hybridized carbons (Fsp3) is 0.150. The SMILES string of the molecule is Cc1cc(C)n2c1CN=C(c1ccccc1F)c1cc(Br)ccc1-2. The average Bonchev–Trinajstić information content (AvgIpc) is 2.74. The van der Waals surface area contributed by atoms with E-state index in [9.17, 15) is 4.39 Å². The Balaban J connectivity index is 2.05. The molecule has 120 valence electrons. The van der Waals surface area contributed by atoms with Gasteiger partial charge in [0.25, 0.3) is 0 Å². The van der Waals surface area contributed by atoms with Gasteiger partial charge in [0.2, 0.25) is 0 Å². The van der Waals surface area contributed by atoms with Crippen LogP contribution in [0.4, 0.5) is 4.39 Å². The van der Waals surface area contributed by atoms with E-state index in [2.05, 4.69) is 46.5 Å². The first-order valence-electron chi connectivity index (χ1n) is 7.83. The average molecular weight is 383 g/mol. The lowest BCUT2D eigenvalue weighted by molar-refractivity contribution is 0.625. The molecule has 0 saturated carbocycles. The third-order valence-electron chi connectivity index (χ3n) is 4.47. The Bertz CT molecular complexity index is 985. The van der Waals surface area contributed by atoms with Gasteiger partial charge in [-0.15, -0.1) is 0 Å². The number of benzene rings is 2. The topological polar surface area (TPSA) is 17.3 Å². The number of hydrogen-bond acceptors (Lipinski definition) is 1. The van der Waals surface area contributed by atoms with E-state index in [0.29, 0.717) is 17.8 Å². The van der Waals surface area contributed by atoms with E-state index in [1.165, 1.54) is 11.6 Å². The summed E-state index contributed by atoms with van der Waals surface area (Å²) in [6, 6.07) is 15.1. The van der Waals surface area contributed by atoms with E-state index in [4.69, 9.17) is 4.99 Å². The zero-order chi connectivity index (χ0) is 16.8. The van der Waals surface area contributed by atoms with Gasteiger partial charge in [-0.25, -0.2) is 4.39 Å². The van der Waals surface area contributed by atoms with Crippen LogP contribution in [0, 0.1) is 19.7 Å². The second-order valence-corrected chi connectivity index (χ2v) is 6.97. The van der Waals surface area contributed by atoms with Crippen LogP contribution in [0.5, 0.6) is 0 Å². The molecule has 3 aromatic rings. The molecule has 4 heteroatoms. The lowest BCUT2D eigenvalue weighted by atomic mass is 10.00. The van der Waals surface area contributed by atoms with Gasteiger partial charge in [-0.2, -0.15) is 0 Å². The molecule has 0 unspecified atom stereocenters. The molecule has 4 rings (SSSR count). The number of aliphatic imine (C=N–C) groups is 1. The van der Waals surface area contributed by atoms with Crippen molar-refractivity contribution < 1.29 is 4.39 Å². The summed E-state index contributed by atoms with van der Waals surface area (Å²) in [5, 5.41) is 0. The zero-order valence-corrected chi connectivity index (χ0v) is 15.1. The first kappa shape index (κ1) is 15.3. The summed E-state index contributed by atoms with van der Waals surface area (Å²) < 4.78 is 17.6. The summed E-state index contributed by atoms with van der Waals surface area (Å²) in [6.07, 6.45) is 0. The molecule has 1 aliphatic rings. The van der Waals surface area contributed by atoms with Gasteiger partial charge < -0.3 is 4.57 Å². The zero-order valence-electron chi connectivity index (χ0n) is 13.5. The number of fused-ring (bicyclic) bond motifs is 3. The van der Waals surface area contributed by atoms with E-state index in [1.807, 2.05) is 18.2 Å². The van der Waals surface area contributed by atoms with Gasteiger partial charge in [0, 0.05) is 27.0 Å². The van der Waals surface area contributed by atoms with E-state index < -0.39 is 0 Å². The Hall–Kier alpha value is -2.20. The molecule has 1 aliphatic heterocycles. The summed E-state index contributed by atoms with van der Waals surface area (Å²) in [6.45, 7) is 4.73. The van der Waals surface area contributed by atoms with E-state index >= 15 is 0 Å². The van der Waals surface area contributed by atoms with Crippen LogP contribution in [0.15, 0.2) is 58.0 Å². The van der Waals surface area contributed by atoms with Crippen LogP contribution in [-0.2, 0) is 6.54 Å². The summed E-state index contributed by atoms with van der Waals surface area (Å²) in [5.41, 5.74) is 6.74. The maximum Gasteiger partial charge on any atom is 0.132 e. The fourth-order valence-corrected chi connectivity index (χ4v) is 3.76. The molecule has 2 heterocycles. The number of aryl methyl sites for hydroxylation is 2. The molecule has 0 fully saturated rings. The van der Waals surface area contributed by atoms with Crippen LogP contribution >= 0.6 is 15.9 Å². The number of rotatable bonds is 1. The third-order valence-corrected chi connectivity index (χ3v) is 4.97. The van der Waals surface area contributed by atoms with E-state index in [-0.39, 0.29) is 5.82 Å². The molecule has 0 atom stereocenters. The highest BCUT2D eigenvalue weighted by molar-refractivity contribution is 9.10. The van der Waals surface area contributed by atoms with E-state index in [1.54, 1.807) is 12.1 Å². The van der Waals surface area contributed by atoms with Crippen molar-refractivity contribution in [1.29, 1.82) is 0 Å². The summed E-state index contributed by atoms with van der Waals surface area (Å²) in [5.74, 6) is -0.248. The number of halogens is 2. The number of nitrogens with zero attached hydrogens (tertiary/aromatic N) is 2. The van der Waals surface area contributed by atoms with Gasteiger partial charge >= 0.3 is 0 Å². The Morgan fingerprint density at radius 1 is 1.04 bits per heavy atom. The molecule has 1 aromatic heterocycles. The molecule has 2 aromatic carbocycles. The van der Waals surface area contributed by atoms with Gasteiger partial charge in [-0.1, -0.05) is 28.1 Å². The number of hydrogen-bond donors (Lipinski definition) is 0. The molecule has 0 spiro atoms. The predicted octanol–water partition coefficient (Wildman–Crippen LogP) is 5.35. The standard InChI is InChI=1S/C20H16BrFN2/c1-12-9-13(2)24-18-8-7-14(21)10-16(18)20(23-11-19(12)24)15-5-3-4-6-17(15)22/h3-10H,11H2,1-2H3. The molecule has 0 bridgehead atoms. The van der Waals surface area contributed by atoms with Gasteiger partial charge in [-0.05, 0) is 55.8 Å². The molecule has 0 aliphatic carbocycles. The molecular formula is C20H16BrFN2. The Morgan fingerprint density at radius 3 is 2.62 bits per heavy atom. The van der Waals surface area contributed by atoms with Gasteiger partial charge in [0.1, 0.15) is 5.82 Å². The highest BCUT2D eigenvalue weighted by atomic mass is 79.9. The minimum absolute atomic E-state index is 0.248. The van der Waals surface area contributed by atoms with Gasteiger partial charge in [0.15, 0.2) is 0 Å². The number of aromatic nitrogens is 1. The monoisotopic (exact) mass is 382 g/mol. The molecule has 24 heavy (non-hydrogen) atoms. The molecule has 0 N–H and O–H groups in total. The first-order chi connectivity index (χ1) is 11.6. The Labute approximate surface area is 148 Å². The minimum atomic E-state index is -0.248. The molecule has 0 radical (unpaired) electrons. The van der Waals surface area contributed by atoms with Crippen LogP contribution < -0.4 is 0 Å². The van der Waals surface area contributed by atoms with Crippen molar-refractivity contribution >= 4 is 21.6 Å². The van der Waals surface area contributed by atoms with Gasteiger partial charge in [0.05, 0.1) is 17.9 Å². The maximum absolute atomic E-state index is 14.4. The lowest BCUT2D eigenvalue weighted by Crippen LogP contribution is -2.09. The molecule has 0 saturated heterocycles. The highest BCUT2D eigenvalue weighted by Gasteiger charge is 2.23. The summed E-state index contributed by atoms with van der Waals surface area (Å²) in [7, 11) is 0. The van der Waals surface area contributed by atoms with Crippen LogP contribution in [-0.4, -0.2) is 10.3 Å². The van der Waals surface area contributed by atoms with Crippen molar-refractivity contribution in [3.8, 4) is 5.69 Å². The predicted molar refractivity (Wildman–Crippen MR) is 98.7 cm³/mol. The van der Waals surface area contributed by atoms with Crippen LogP contribution in [0.25, 0.3) is 5.69 Å². The Kier molecular flexibility index (Phi) is 3.65. The molecule has 2 nitrogen and oxygen atoms in total. The third kappa shape index (κ3) is 2.33. The van der Waals surface area contributed by atoms with Crippen molar-refractivity contribution in [3.05, 3.63) is 86.9 Å². The normalized spacial score (nSPS) is 13.1. The quantitative estimate of drug-likeness (QED) is 0.539. The van der Waals surface area contributed by atoms with Crippen LogP contribution in [0.3, 0.4) is 0 Å². The highest BCUT2D eigenvalue weighted by Crippen LogP contribution is 2.31. The maximum atomic E-state index is 14.4. The Morgan fingerprint density at radius 2 is 1.83 bits per heavy atom. The van der Waals surface area contributed by atoms with Crippen molar-refractivity contribution in [2.24, 2.45) is 4.99 Å². The smallest absolute Gasteiger partial charge is 0.132 e. The fourth-order valence-electron chi connectivity index (χ4n) is 3.40. The van der Waals surface area contributed by atoms with Crippen LogP contribution in [0.2, 0.25) is 0 Å². The summed E-state index contributed by atoms with van der Waals surface area (Å²) in [4.78, 5) is 4.79. The second-order valence-electron chi connectivity index (χ2n) is 6.06. The van der Waals surface area contributed by atoms with Crippen molar-refractivity contribution in [3.63, 3.8) is 0 Å². The first-order valence-corrected chi connectivity index (χ1v) is 8.63. The molecule has 0 amide bonds. The van der Waals surface area contributed by atoms with E-state index in [0.717, 1.165) is 27.1 Å². The largest absolute Gasteiger partial charge is 0.315 e. The second kappa shape index (κ2) is 5.71. The lowest BCUT2D eigenvalue weighted by Gasteiger charge is -2.15. The van der Waals surface area contributed by atoms with Crippen molar-refractivity contribution in [2.75, 3.05) is 0 Å². The summed E-state index contributed by atoms with van der Waals surface area (Å²) >= 11 is 3.54. The molecular weight excluding hydrogens is 367 g/mol. The minimum Gasteiger partial charge on any atom is -0.315 e. The van der Waals surface area contributed by atoms with Crippen molar-refractivity contribution in [2.45, 2.75) is 20.4 Å². The van der Waals surface area contributed by atoms with Gasteiger partial charge in [-0.3, -0.25) is 4.99 Å². The van der Waals surface area contributed by atoms with Crippen molar-refractivity contribution in [1.82, 2.24) is 4.57 Å².